The third-order valence-electron chi connectivity index (χ3n) is 6.39. The van der Waals surface area contributed by atoms with Gasteiger partial charge in [-0.3, -0.25) is 0 Å². The van der Waals surface area contributed by atoms with Crippen LogP contribution in [0.5, 0.6) is 0 Å². The van der Waals surface area contributed by atoms with Crippen LogP contribution in [-0.4, -0.2) is 23.0 Å². The summed E-state index contributed by atoms with van der Waals surface area (Å²) in [7, 11) is -1.78. The van der Waals surface area contributed by atoms with Crippen LogP contribution in [0.2, 0.25) is 0 Å². The number of halogens is 1. The average Bonchev–Trinajstić information content (AvgIpc) is 2.76. The highest BCUT2D eigenvalue weighted by molar-refractivity contribution is 7.90. The summed E-state index contributed by atoms with van der Waals surface area (Å²) in [5.74, 6) is 0. The third kappa shape index (κ3) is 5.15. The van der Waals surface area contributed by atoms with Gasteiger partial charge in [0.1, 0.15) is 5.66 Å². The summed E-state index contributed by atoms with van der Waals surface area (Å²) < 4.78 is 0. The molecule has 160 valence electrons. The Balaban J connectivity index is 0.00000320. The molecule has 0 aliphatic carbocycles. The Bertz CT molecular complexity index is 841. The Labute approximate surface area is 200 Å². The lowest BCUT2D eigenvalue weighted by Crippen LogP contribution is -3.00. The van der Waals surface area contributed by atoms with Crippen molar-refractivity contribution in [3.63, 3.8) is 0 Å². The molecule has 0 spiro atoms. The topological polar surface area (TPSA) is 20.2 Å². The largest absolute Gasteiger partial charge is 1.00 e. The third-order valence-corrected chi connectivity index (χ3v) is 11.5. The maximum atomic E-state index is 11.7. The maximum Gasteiger partial charge on any atom is 0.103 e. The van der Waals surface area contributed by atoms with Crippen LogP contribution in [0, 0.1) is 5.41 Å². The van der Waals surface area contributed by atoms with Gasteiger partial charge in [0.2, 0.25) is 0 Å². The van der Waals surface area contributed by atoms with E-state index in [0.29, 0.717) is 0 Å². The van der Waals surface area contributed by atoms with Crippen LogP contribution in [0.25, 0.3) is 0 Å². The first-order valence-electron chi connectivity index (χ1n) is 10.6. The quantitative estimate of drug-likeness (QED) is 0.350. The fourth-order valence-electron chi connectivity index (χ4n) is 4.78. The molecule has 0 saturated heterocycles. The van der Waals surface area contributed by atoms with E-state index in [0.717, 1.165) is 12.6 Å². The van der Waals surface area contributed by atoms with Gasteiger partial charge in [-0.05, 0) is 55.5 Å². The molecule has 3 aromatic rings. The van der Waals surface area contributed by atoms with E-state index in [4.69, 9.17) is 0 Å². The van der Waals surface area contributed by atoms with E-state index in [9.17, 15) is 5.11 Å². The van der Waals surface area contributed by atoms with Crippen molar-refractivity contribution in [2.24, 2.45) is 5.41 Å². The summed E-state index contributed by atoms with van der Waals surface area (Å²) in [6.45, 7) is 8.98. The highest BCUT2D eigenvalue weighted by Gasteiger charge is 2.52. The second kappa shape index (κ2) is 10.9. The van der Waals surface area contributed by atoms with Gasteiger partial charge in [0, 0.05) is 0 Å². The van der Waals surface area contributed by atoms with Crippen molar-refractivity contribution in [1.29, 1.82) is 0 Å². The predicted octanol–water partition coefficient (Wildman–Crippen LogP) is 2.70. The molecule has 0 heterocycles. The standard InChI is InChI=1S/C27H34OP.HI/c1-5-29(24-17-11-7-12-18-24,25-19-13-8-14-20-25)22(2)26(28)27(3,4)21-23-15-9-6-10-16-23;/h6-20,22,26,28H,5,21H2,1-4H3;1H/q+1;/p-1/t22-,26-;/m1./s1. The molecule has 0 saturated carbocycles. The van der Waals surface area contributed by atoms with Gasteiger partial charge in [-0.2, -0.15) is 0 Å². The van der Waals surface area contributed by atoms with E-state index in [1.54, 1.807) is 0 Å². The van der Waals surface area contributed by atoms with Crippen molar-refractivity contribution in [1.82, 2.24) is 0 Å². The molecule has 0 aromatic heterocycles. The predicted molar refractivity (Wildman–Crippen MR) is 129 cm³/mol. The lowest BCUT2D eigenvalue weighted by Gasteiger charge is -2.40. The summed E-state index contributed by atoms with van der Waals surface area (Å²) in [5, 5.41) is 14.5. The number of aliphatic hydroxyl groups is 1. The molecule has 2 atom stereocenters. The van der Waals surface area contributed by atoms with Gasteiger partial charge in [0.15, 0.2) is 0 Å². The molecular formula is C27H34IOP. The molecule has 0 radical (unpaired) electrons. The molecule has 0 amide bonds. The fourth-order valence-corrected chi connectivity index (χ4v) is 9.62. The van der Waals surface area contributed by atoms with Gasteiger partial charge < -0.3 is 29.1 Å². The lowest BCUT2D eigenvalue weighted by atomic mass is 9.79. The van der Waals surface area contributed by atoms with Gasteiger partial charge in [-0.25, -0.2) is 0 Å². The summed E-state index contributed by atoms with van der Waals surface area (Å²) in [5.41, 5.74) is 1.23. The Morgan fingerprint density at radius 3 is 1.57 bits per heavy atom. The zero-order chi connectivity index (χ0) is 20.9. The molecule has 0 aliphatic heterocycles. The van der Waals surface area contributed by atoms with Gasteiger partial charge in [-0.1, -0.05) is 80.6 Å². The average molecular weight is 532 g/mol. The van der Waals surface area contributed by atoms with Crippen molar-refractivity contribution in [3.8, 4) is 0 Å². The fraction of sp³-hybridized carbons (Fsp3) is 0.333. The molecular weight excluding hydrogens is 498 g/mol. The normalized spacial score (nSPS) is 13.9. The summed E-state index contributed by atoms with van der Waals surface area (Å²) in [4.78, 5) is 0. The zero-order valence-electron chi connectivity index (χ0n) is 18.5. The number of hydrogen-bond acceptors (Lipinski definition) is 1. The van der Waals surface area contributed by atoms with Crippen molar-refractivity contribution in [3.05, 3.63) is 96.6 Å². The van der Waals surface area contributed by atoms with Crippen LogP contribution in [0.4, 0.5) is 0 Å². The van der Waals surface area contributed by atoms with E-state index in [-0.39, 0.29) is 35.1 Å². The van der Waals surface area contributed by atoms with Crippen molar-refractivity contribution < 1.29 is 29.1 Å². The smallest absolute Gasteiger partial charge is 0.103 e. The van der Waals surface area contributed by atoms with Crippen LogP contribution in [-0.2, 0) is 6.42 Å². The SMILES string of the molecule is CC[P+](c1ccccc1)(c1ccccc1)[C@H](C)[C@@H](O)C(C)(C)Cc1ccccc1.[I-]. The summed E-state index contributed by atoms with van der Waals surface area (Å²) in [6.07, 6.45) is 1.50. The lowest BCUT2D eigenvalue weighted by molar-refractivity contribution is -0.00000744. The van der Waals surface area contributed by atoms with Crippen molar-refractivity contribution in [2.45, 2.75) is 45.9 Å². The van der Waals surface area contributed by atoms with Crippen molar-refractivity contribution >= 4 is 17.9 Å². The highest BCUT2D eigenvalue weighted by Crippen LogP contribution is 2.62. The minimum Gasteiger partial charge on any atom is -1.00 e. The van der Waals surface area contributed by atoms with Gasteiger partial charge >= 0.3 is 0 Å². The summed E-state index contributed by atoms with van der Waals surface area (Å²) in [6, 6.07) is 32.3. The van der Waals surface area contributed by atoms with Gasteiger partial charge in [-0.15, -0.1) is 0 Å². The van der Waals surface area contributed by atoms with Crippen LogP contribution in [0.3, 0.4) is 0 Å². The molecule has 0 unspecified atom stereocenters. The molecule has 0 fully saturated rings. The second-order valence-corrected chi connectivity index (χ2v) is 12.9. The Kier molecular flexibility index (Phi) is 9.09. The number of hydrogen-bond donors (Lipinski definition) is 1. The maximum absolute atomic E-state index is 11.7. The second-order valence-electron chi connectivity index (χ2n) is 8.69. The van der Waals surface area contributed by atoms with Crippen LogP contribution >= 0.6 is 7.26 Å². The Morgan fingerprint density at radius 1 is 0.767 bits per heavy atom. The van der Waals surface area contributed by atoms with Gasteiger partial charge in [0.05, 0.1) is 30.1 Å². The van der Waals surface area contributed by atoms with E-state index in [1.807, 2.05) is 6.07 Å². The van der Waals surface area contributed by atoms with E-state index < -0.39 is 13.4 Å². The molecule has 1 N–H and O–H groups in total. The van der Waals surface area contributed by atoms with E-state index >= 15 is 0 Å². The molecule has 0 aliphatic rings. The first kappa shape index (κ1) is 25.0. The minimum absolute atomic E-state index is 0. The van der Waals surface area contributed by atoms with E-state index in [2.05, 4.69) is 113 Å². The van der Waals surface area contributed by atoms with Crippen LogP contribution < -0.4 is 34.6 Å². The Morgan fingerprint density at radius 2 is 1.17 bits per heavy atom. The zero-order valence-corrected chi connectivity index (χ0v) is 21.6. The monoisotopic (exact) mass is 532 g/mol. The molecule has 3 aromatic carbocycles. The van der Waals surface area contributed by atoms with Crippen LogP contribution in [0.15, 0.2) is 91.0 Å². The highest BCUT2D eigenvalue weighted by atomic mass is 127. The molecule has 0 bridgehead atoms. The molecule has 3 rings (SSSR count). The van der Waals surface area contributed by atoms with E-state index in [1.165, 1.54) is 16.2 Å². The number of benzene rings is 3. The Hall–Kier alpha value is -1.22. The number of rotatable bonds is 8. The minimum atomic E-state index is -1.78. The first-order valence-corrected chi connectivity index (χ1v) is 12.7. The van der Waals surface area contributed by atoms with Crippen LogP contribution in [0.1, 0.15) is 33.3 Å². The van der Waals surface area contributed by atoms with Crippen molar-refractivity contribution in [2.75, 3.05) is 6.16 Å². The molecule has 3 heteroatoms. The summed E-state index contributed by atoms with van der Waals surface area (Å²) >= 11 is 0. The number of aliphatic hydroxyl groups excluding tert-OH is 1. The first-order chi connectivity index (χ1) is 13.9. The molecule has 30 heavy (non-hydrogen) atoms. The molecule has 1 nitrogen and oxygen atoms in total. The van der Waals surface area contributed by atoms with Gasteiger partial charge in [0.25, 0.3) is 0 Å².